The van der Waals surface area contributed by atoms with Crippen molar-refractivity contribution in [2.45, 2.75) is 17.7 Å². The number of carbonyl (C=O) groups is 2. The van der Waals surface area contributed by atoms with Gasteiger partial charge in [0, 0.05) is 11.3 Å². The number of aromatic carboxylic acids is 1. The van der Waals surface area contributed by atoms with E-state index in [2.05, 4.69) is 0 Å². The van der Waals surface area contributed by atoms with Crippen LogP contribution in [-0.2, 0) is 4.79 Å². The van der Waals surface area contributed by atoms with Gasteiger partial charge in [0.15, 0.2) is 0 Å². The third-order valence-corrected chi connectivity index (χ3v) is 3.00. The average Bonchev–Trinajstić information content (AvgIpc) is 2.25. The molecule has 0 aliphatic carbocycles. The first-order valence-corrected chi connectivity index (χ1v) is 5.76. The summed E-state index contributed by atoms with van der Waals surface area (Å²) in [7, 11) is 0. The second-order valence-corrected chi connectivity index (χ2v) is 4.34. The summed E-state index contributed by atoms with van der Waals surface area (Å²) in [5, 5.41) is 17.1. The molecule has 0 unspecified atom stereocenters. The summed E-state index contributed by atoms with van der Waals surface area (Å²) < 4.78 is 0. The molecule has 4 nitrogen and oxygen atoms in total. The van der Waals surface area contributed by atoms with Crippen LogP contribution in [0.5, 0.6) is 0 Å². The number of thioether (sulfide) groups is 1. The largest absolute Gasteiger partial charge is 0.481 e. The minimum atomic E-state index is -0.942. The zero-order valence-electron chi connectivity index (χ0n) is 8.55. The zero-order valence-corrected chi connectivity index (χ0v) is 9.37. The maximum Gasteiger partial charge on any atom is 0.335 e. The monoisotopic (exact) mass is 240 g/mol. The molecule has 0 aromatic heterocycles. The van der Waals surface area contributed by atoms with Gasteiger partial charge in [-0.2, -0.15) is 0 Å². The van der Waals surface area contributed by atoms with Crippen LogP contribution in [0.15, 0.2) is 29.2 Å². The summed E-state index contributed by atoms with van der Waals surface area (Å²) in [5.41, 5.74) is 0.259. The van der Waals surface area contributed by atoms with Crippen LogP contribution in [0.4, 0.5) is 0 Å². The van der Waals surface area contributed by atoms with Gasteiger partial charge in [0.1, 0.15) is 0 Å². The van der Waals surface area contributed by atoms with Crippen molar-refractivity contribution in [3.05, 3.63) is 29.8 Å². The van der Waals surface area contributed by atoms with E-state index in [1.54, 1.807) is 24.3 Å². The van der Waals surface area contributed by atoms with Gasteiger partial charge in [-0.1, -0.05) is 0 Å². The summed E-state index contributed by atoms with van der Waals surface area (Å²) in [6, 6.07) is 6.55. The lowest BCUT2D eigenvalue weighted by Gasteiger charge is -2.00. The average molecular weight is 240 g/mol. The Morgan fingerprint density at radius 2 is 1.75 bits per heavy atom. The van der Waals surface area contributed by atoms with Gasteiger partial charge in [0.05, 0.1) is 5.56 Å². The molecule has 0 saturated carbocycles. The molecular formula is C11H12O4S. The van der Waals surface area contributed by atoms with E-state index >= 15 is 0 Å². The molecule has 0 aliphatic heterocycles. The summed E-state index contributed by atoms with van der Waals surface area (Å²) in [4.78, 5) is 21.8. The predicted molar refractivity (Wildman–Crippen MR) is 61.0 cm³/mol. The van der Waals surface area contributed by atoms with Gasteiger partial charge < -0.3 is 10.2 Å². The normalized spacial score (nSPS) is 10.0. The van der Waals surface area contributed by atoms with Crippen molar-refractivity contribution in [3.8, 4) is 0 Å². The molecule has 1 rings (SSSR count). The van der Waals surface area contributed by atoms with E-state index < -0.39 is 11.9 Å². The van der Waals surface area contributed by atoms with Gasteiger partial charge in [-0.3, -0.25) is 4.79 Å². The third kappa shape index (κ3) is 4.35. The molecule has 0 radical (unpaired) electrons. The highest BCUT2D eigenvalue weighted by Crippen LogP contribution is 2.19. The minimum Gasteiger partial charge on any atom is -0.481 e. The topological polar surface area (TPSA) is 74.6 Å². The fourth-order valence-electron chi connectivity index (χ4n) is 1.11. The molecule has 2 N–H and O–H groups in total. The summed E-state index contributed by atoms with van der Waals surface area (Å²) in [6.07, 6.45) is 0.779. The molecule has 0 atom stereocenters. The predicted octanol–water partition coefficient (Wildman–Crippen LogP) is 2.34. The van der Waals surface area contributed by atoms with E-state index in [1.807, 2.05) is 0 Å². The first kappa shape index (κ1) is 12.6. The van der Waals surface area contributed by atoms with Crippen molar-refractivity contribution in [2.24, 2.45) is 0 Å². The van der Waals surface area contributed by atoms with E-state index in [0.29, 0.717) is 6.42 Å². The van der Waals surface area contributed by atoms with Crippen LogP contribution >= 0.6 is 11.8 Å². The number of aliphatic carboxylic acids is 1. The Morgan fingerprint density at radius 1 is 1.12 bits per heavy atom. The van der Waals surface area contributed by atoms with Gasteiger partial charge in [0.2, 0.25) is 0 Å². The number of hydrogen-bond donors (Lipinski definition) is 2. The summed E-state index contributed by atoms with van der Waals surface area (Å²) >= 11 is 1.53. The van der Waals surface area contributed by atoms with E-state index in [0.717, 1.165) is 10.6 Å². The van der Waals surface area contributed by atoms with E-state index in [-0.39, 0.29) is 12.0 Å². The molecular weight excluding hydrogens is 228 g/mol. The molecule has 86 valence electrons. The quantitative estimate of drug-likeness (QED) is 0.589. The number of hydrogen-bond acceptors (Lipinski definition) is 3. The molecule has 0 bridgehead atoms. The summed E-state index contributed by atoms with van der Waals surface area (Å²) in [5.74, 6) is -1.01. The smallest absolute Gasteiger partial charge is 0.335 e. The Bertz CT molecular complexity index is 372. The Kier molecular flexibility index (Phi) is 4.85. The van der Waals surface area contributed by atoms with Crippen molar-refractivity contribution in [2.75, 3.05) is 5.75 Å². The highest BCUT2D eigenvalue weighted by Gasteiger charge is 2.02. The minimum absolute atomic E-state index is 0.167. The van der Waals surface area contributed by atoms with Crippen molar-refractivity contribution in [1.82, 2.24) is 0 Å². The summed E-state index contributed by atoms with van der Waals surface area (Å²) in [6.45, 7) is 0. The molecule has 16 heavy (non-hydrogen) atoms. The number of rotatable bonds is 6. The fourth-order valence-corrected chi connectivity index (χ4v) is 1.96. The highest BCUT2D eigenvalue weighted by molar-refractivity contribution is 7.99. The number of carboxylic acid groups (broad SMARTS) is 2. The standard InChI is InChI=1S/C11H12O4S/c12-10(13)2-1-7-16-9-5-3-8(4-6-9)11(14)15/h3-6H,1-2,7H2,(H,12,13)(H,14,15). The van der Waals surface area contributed by atoms with Crippen LogP contribution in [0.25, 0.3) is 0 Å². The molecule has 0 spiro atoms. The van der Waals surface area contributed by atoms with Crippen LogP contribution in [0.2, 0.25) is 0 Å². The van der Waals surface area contributed by atoms with Crippen LogP contribution in [0.3, 0.4) is 0 Å². The number of carboxylic acids is 2. The molecule has 0 saturated heterocycles. The Morgan fingerprint density at radius 3 is 2.25 bits per heavy atom. The Hall–Kier alpha value is -1.49. The molecule has 5 heteroatoms. The van der Waals surface area contributed by atoms with Gasteiger partial charge in [-0.25, -0.2) is 4.79 Å². The van der Waals surface area contributed by atoms with E-state index in [1.165, 1.54) is 11.8 Å². The van der Waals surface area contributed by atoms with Gasteiger partial charge in [-0.05, 0) is 36.4 Å². The first-order valence-electron chi connectivity index (χ1n) is 4.77. The highest BCUT2D eigenvalue weighted by atomic mass is 32.2. The Balaban J connectivity index is 2.38. The maximum absolute atomic E-state index is 10.6. The van der Waals surface area contributed by atoms with Crippen LogP contribution in [0, 0.1) is 0 Å². The molecule has 0 aliphatic rings. The molecule has 0 heterocycles. The van der Waals surface area contributed by atoms with Crippen LogP contribution in [-0.4, -0.2) is 27.9 Å². The van der Waals surface area contributed by atoms with Crippen molar-refractivity contribution < 1.29 is 19.8 Å². The van der Waals surface area contributed by atoms with E-state index in [9.17, 15) is 9.59 Å². The van der Waals surface area contributed by atoms with Crippen LogP contribution in [0.1, 0.15) is 23.2 Å². The van der Waals surface area contributed by atoms with E-state index in [4.69, 9.17) is 10.2 Å². The van der Waals surface area contributed by atoms with Crippen molar-refractivity contribution in [1.29, 1.82) is 0 Å². The maximum atomic E-state index is 10.6. The molecule has 1 aromatic rings. The zero-order chi connectivity index (χ0) is 12.0. The van der Waals surface area contributed by atoms with Gasteiger partial charge >= 0.3 is 11.9 Å². The second-order valence-electron chi connectivity index (χ2n) is 3.18. The lowest BCUT2D eigenvalue weighted by molar-refractivity contribution is -0.137. The first-order chi connectivity index (χ1) is 7.59. The lowest BCUT2D eigenvalue weighted by Crippen LogP contribution is -1.96. The third-order valence-electron chi connectivity index (χ3n) is 1.90. The molecule has 0 amide bonds. The molecule has 0 fully saturated rings. The molecule has 1 aromatic carbocycles. The van der Waals surface area contributed by atoms with Crippen molar-refractivity contribution >= 4 is 23.7 Å². The van der Waals surface area contributed by atoms with Crippen LogP contribution < -0.4 is 0 Å². The second kappa shape index (κ2) is 6.17. The lowest BCUT2D eigenvalue weighted by atomic mass is 10.2. The SMILES string of the molecule is O=C(O)CCCSc1ccc(C(=O)O)cc1. The van der Waals surface area contributed by atoms with Gasteiger partial charge in [0.25, 0.3) is 0 Å². The van der Waals surface area contributed by atoms with Gasteiger partial charge in [-0.15, -0.1) is 11.8 Å². The van der Waals surface area contributed by atoms with Crippen molar-refractivity contribution in [3.63, 3.8) is 0 Å². The Labute approximate surface area is 97.3 Å². The number of benzene rings is 1. The fraction of sp³-hybridized carbons (Fsp3) is 0.273.